The van der Waals surface area contributed by atoms with Crippen molar-refractivity contribution in [2.75, 3.05) is 13.4 Å². The third kappa shape index (κ3) is 1.82. The summed E-state index contributed by atoms with van der Waals surface area (Å²) in [5.74, 6) is -0.315. The number of carbonyl (C=O) groups excluding carboxylic acids is 1. The van der Waals surface area contributed by atoms with Gasteiger partial charge in [-0.25, -0.2) is 4.79 Å². The molecule has 0 aliphatic heterocycles. The van der Waals surface area contributed by atoms with Crippen molar-refractivity contribution in [2.45, 2.75) is 18.7 Å². The summed E-state index contributed by atoms with van der Waals surface area (Å²) in [5.41, 5.74) is 3.87. The van der Waals surface area contributed by atoms with E-state index >= 15 is 0 Å². The van der Waals surface area contributed by atoms with E-state index in [4.69, 9.17) is 4.74 Å². The Morgan fingerprint density at radius 2 is 1.94 bits per heavy atom. The molecule has 90 valence electrons. The fraction of sp³-hybridized carbons (Fsp3) is 0.308. The summed E-state index contributed by atoms with van der Waals surface area (Å²) in [6, 6.07) is 4.13. The van der Waals surface area contributed by atoms with Crippen LogP contribution in [0.5, 0.6) is 0 Å². The number of aromatic nitrogens is 1. The predicted octanol–water partition coefficient (Wildman–Crippen LogP) is 3.29. The van der Waals surface area contributed by atoms with Gasteiger partial charge in [0.25, 0.3) is 0 Å². The van der Waals surface area contributed by atoms with Gasteiger partial charge in [-0.05, 0) is 31.2 Å². The van der Waals surface area contributed by atoms with Crippen LogP contribution in [-0.4, -0.2) is 24.3 Å². The van der Waals surface area contributed by atoms with E-state index in [0.29, 0.717) is 5.69 Å². The third-order valence-corrected chi connectivity index (χ3v) is 3.74. The van der Waals surface area contributed by atoms with Crippen LogP contribution in [0.4, 0.5) is 0 Å². The molecule has 1 N–H and O–H groups in total. The molecule has 0 aliphatic carbocycles. The average molecular weight is 249 g/mol. The van der Waals surface area contributed by atoms with Gasteiger partial charge in [0.05, 0.1) is 12.6 Å². The predicted molar refractivity (Wildman–Crippen MR) is 70.9 cm³/mol. The molecule has 2 aromatic rings. The van der Waals surface area contributed by atoms with Gasteiger partial charge in [0.15, 0.2) is 0 Å². The van der Waals surface area contributed by atoms with Gasteiger partial charge in [-0.1, -0.05) is 12.1 Å². The Morgan fingerprint density at radius 3 is 2.53 bits per heavy atom. The van der Waals surface area contributed by atoms with Gasteiger partial charge in [0, 0.05) is 10.3 Å². The molecule has 0 amide bonds. The lowest BCUT2D eigenvalue weighted by Gasteiger charge is -2.02. The van der Waals surface area contributed by atoms with Crippen LogP contribution in [0.3, 0.4) is 0 Å². The SMILES string of the molecule is COC(=O)c1[nH]c2c(C)ccc(C)c2c1SC. The maximum Gasteiger partial charge on any atom is 0.355 e. The lowest BCUT2D eigenvalue weighted by atomic mass is 10.1. The first-order valence-corrected chi connectivity index (χ1v) is 6.56. The molecule has 1 heterocycles. The van der Waals surface area contributed by atoms with E-state index in [1.165, 1.54) is 12.7 Å². The van der Waals surface area contributed by atoms with E-state index in [1.807, 2.05) is 13.2 Å². The highest BCUT2D eigenvalue weighted by atomic mass is 32.2. The Hall–Kier alpha value is -1.42. The summed E-state index contributed by atoms with van der Waals surface area (Å²) in [4.78, 5) is 15.9. The van der Waals surface area contributed by atoms with Crippen molar-refractivity contribution < 1.29 is 9.53 Å². The number of carbonyl (C=O) groups is 1. The van der Waals surface area contributed by atoms with Crippen molar-refractivity contribution in [3.8, 4) is 0 Å². The van der Waals surface area contributed by atoms with Gasteiger partial charge in [0.2, 0.25) is 0 Å². The number of benzene rings is 1. The second-order valence-corrected chi connectivity index (χ2v) is 4.79. The van der Waals surface area contributed by atoms with Crippen molar-refractivity contribution in [2.24, 2.45) is 0 Å². The number of hydrogen-bond donors (Lipinski definition) is 1. The van der Waals surface area contributed by atoms with Crippen molar-refractivity contribution in [1.29, 1.82) is 0 Å². The van der Waals surface area contributed by atoms with Crippen molar-refractivity contribution in [1.82, 2.24) is 4.98 Å². The highest BCUT2D eigenvalue weighted by Gasteiger charge is 2.19. The molecule has 17 heavy (non-hydrogen) atoms. The first-order valence-electron chi connectivity index (χ1n) is 5.34. The topological polar surface area (TPSA) is 42.1 Å². The van der Waals surface area contributed by atoms with Crippen molar-refractivity contribution >= 4 is 28.6 Å². The molecule has 0 aliphatic rings. The number of thioether (sulfide) groups is 1. The molecule has 2 rings (SSSR count). The average Bonchev–Trinajstić information content (AvgIpc) is 2.73. The number of methoxy groups -OCH3 is 1. The Morgan fingerprint density at radius 1 is 1.29 bits per heavy atom. The molecule has 0 fully saturated rings. The summed E-state index contributed by atoms with van der Waals surface area (Å²) < 4.78 is 4.80. The maximum absolute atomic E-state index is 11.7. The molecule has 0 radical (unpaired) electrons. The second kappa shape index (κ2) is 4.45. The molecular weight excluding hydrogens is 234 g/mol. The van der Waals surface area contributed by atoms with Gasteiger partial charge in [-0.2, -0.15) is 0 Å². The van der Waals surface area contributed by atoms with Crippen LogP contribution < -0.4 is 0 Å². The quantitative estimate of drug-likeness (QED) is 0.656. The highest BCUT2D eigenvalue weighted by molar-refractivity contribution is 7.99. The third-order valence-electron chi connectivity index (χ3n) is 2.92. The van der Waals surface area contributed by atoms with E-state index in [2.05, 4.69) is 24.0 Å². The van der Waals surface area contributed by atoms with Gasteiger partial charge >= 0.3 is 5.97 Å². The smallest absolute Gasteiger partial charge is 0.355 e. The van der Waals surface area contributed by atoms with E-state index in [1.54, 1.807) is 11.8 Å². The molecule has 0 unspecified atom stereocenters. The van der Waals surface area contributed by atoms with Gasteiger partial charge in [0.1, 0.15) is 5.69 Å². The molecule has 0 atom stereocenters. The first kappa shape index (κ1) is 12.0. The number of ether oxygens (including phenoxy) is 1. The largest absolute Gasteiger partial charge is 0.464 e. The number of hydrogen-bond acceptors (Lipinski definition) is 3. The zero-order valence-corrected chi connectivity index (χ0v) is 11.2. The summed E-state index contributed by atoms with van der Waals surface area (Å²) in [6.45, 7) is 4.08. The van der Waals surface area contributed by atoms with Gasteiger partial charge in [-0.15, -0.1) is 11.8 Å². The fourth-order valence-corrected chi connectivity index (χ4v) is 2.83. The number of nitrogens with one attached hydrogen (secondary N) is 1. The second-order valence-electron chi connectivity index (χ2n) is 3.97. The van der Waals surface area contributed by atoms with Gasteiger partial charge in [-0.3, -0.25) is 0 Å². The lowest BCUT2D eigenvalue weighted by molar-refractivity contribution is 0.0591. The molecule has 3 nitrogen and oxygen atoms in total. The summed E-state index contributed by atoms with van der Waals surface area (Å²) in [7, 11) is 1.40. The Labute approximate surface area is 105 Å². The van der Waals surface area contributed by atoms with Crippen molar-refractivity contribution in [3.05, 3.63) is 29.0 Å². The maximum atomic E-state index is 11.7. The highest BCUT2D eigenvalue weighted by Crippen LogP contribution is 2.34. The number of esters is 1. The first-order chi connectivity index (χ1) is 8.10. The van der Waals surface area contributed by atoms with Crippen LogP contribution >= 0.6 is 11.8 Å². The molecule has 0 bridgehead atoms. The minimum absolute atomic E-state index is 0.315. The standard InChI is InChI=1S/C13H15NO2S/c1-7-5-6-8(2)10-9(7)12(17-4)11(14-10)13(15)16-3/h5-6,14H,1-4H3. The number of aromatic amines is 1. The van der Waals surface area contributed by atoms with E-state index in [9.17, 15) is 4.79 Å². The normalized spacial score (nSPS) is 10.8. The van der Waals surface area contributed by atoms with E-state index in [-0.39, 0.29) is 5.97 Å². The van der Waals surface area contributed by atoms with Crippen LogP contribution in [0.1, 0.15) is 21.6 Å². The molecule has 1 aromatic carbocycles. The molecule has 0 saturated carbocycles. The Balaban J connectivity index is 2.84. The van der Waals surface area contributed by atoms with Crippen LogP contribution in [-0.2, 0) is 4.74 Å². The monoisotopic (exact) mass is 249 g/mol. The number of fused-ring (bicyclic) bond motifs is 1. The van der Waals surface area contributed by atoms with Crippen molar-refractivity contribution in [3.63, 3.8) is 0 Å². The molecule has 0 spiro atoms. The molecule has 0 saturated heterocycles. The minimum atomic E-state index is -0.315. The van der Waals surface area contributed by atoms with Crippen LogP contribution in [0.2, 0.25) is 0 Å². The number of rotatable bonds is 2. The van der Waals surface area contributed by atoms with Crippen LogP contribution in [0.25, 0.3) is 10.9 Å². The zero-order chi connectivity index (χ0) is 12.6. The number of H-pyrrole nitrogens is 1. The minimum Gasteiger partial charge on any atom is -0.464 e. The zero-order valence-electron chi connectivity index (χ0n) is 10.4. The number of aryl methyl sites for hydroxylation is 2. The molecular formula is C13H15NO2S. The summed E-state index contributed by atoms with van der Waals surface area (Å²) in [5, 5.41) is 1.12. The lowest BCUT2D eigenvalue weighted by Crippen LogP contribution is -2.02. The Bertz CT molecular complexity index is 587. The fourth-order valence-electron chi connectivity index (χ4n) is 2.02. The summed E-state index contributed by atoms with van der Waals surface area (Å²) >= 11 is 1.57. The van der Waals surface area contributed by atoms with Crippen LogP contribution in [0, 0.1) is 13.8 Å². The summed E-state index contributed by atoms with van der Waals surface area (Å²) in [6.07, 6.45) is 1.97. The van der Waals surface area contributed by atoms with Crippen LogP contribution in [0.15, 0.2) is 17.0 Å². The van der Waals surface area contributed by atoms with Gasteiger partial charge < -0.3 is 9.72 Å². The van der Waals surface area contributed by atoms with E-state index in [0.717, 1.165) is 21.4 Å². The van der Waals surface area contributed by atoms with E-state index < -0.39 is 0 Å². The molecule has 4 heteroatoms. The Kier molecular flexibility index (Phi) is 3.15. The molecule has 1 aromatic heterocycles.